The standard InChI is InChI=1S/C25H32F3N3O4S2/c1-24(33,25(26,27)28)18-8-10-19(11-9-18)31-14-13-30(37(34,35)23-7-3-2-6-22(23)36)16-20(31)15-29-12-4-5-21(32)17-29/h2-3,7-11,20-21,32-33H,4-6,12-17H2,1H3/t20-,21?,24?/m0/s1. The van der Waals surface area contributed by atoms with E-state index >= 15 is 0 Å². The molecule has 0 bridgehead atoms. The lowest BCUT2D eigenvalue weighted by atomic mass is 9.95. The molecule has 2 N–H and O–H groups in total. The first-order chi connectivity index (χ1) is 17.3. The number of likely N-dealkylation sites (tertiary alicyclic amines) is 1. The van der Waals surface area contributed by atoms with Crippen LogP contribution in [0.3, 0.4) is 0 Å². The third-order valence-electron chi connectivity index (χ3n) is 7.29. The Morgan fingerprint density at radius 1 is 1.11 bits per heavy atom. The second kappa shape index (κ2) is 10.7. The number of piperidine rings is 1. The van der Waals surface area contributed by atoms with E-state index in [2.05, 4.69) is 4.90 Å². The smallest absolute Gasteiger partial charge is 0.392 e. The molecule has 0 aromatic heterocycles. The number of aliphatic hydroxyl groups excluding tert-OH is 1. The zero-order valence-corrected chi connectivity index (χ0v) is 22.2. The molecule has 2 unspecified atom stereocenters. The summed E-state index contributed by atoms with van der Waals surface area (Å²) in [6, 6.07) is 5.26. The summed E-state index contributed by atoms with van der Waals surface area (Å²) in [5.41, 5.74) is -2.62. The van der Waals surface area contributed by atoms with Crippen LogP contribution in [0.1, 0.15) is 31.7 Å². The van der Waals surface area contributed by atoms with E-state index in [1.165, 1.54) is 34.6 Å². The van der Waals surface area contributed by atoms with E-state index in [1.807, 2.05) is 11.0 Å². The van der Waals surface area contributed by atoms with E-state index < -0.39 is 27.9 Å². The van der Waals surface area contributed by atoms with Gasteiger partial charge < -0.3 is 15.1 Å². The van der Waals surface area contributed by atoms with Crippen LogP contribution < -0.4 is 4.90 Å². The molecule has 3 atom stereocenters. The van der Waals surface area contributed by atoms with Crippen molar-refractivity contribution in [3.05, 3.63) is 53.0 Å². The highest BCUT2D eigenvalue weighted by Gasteiger charge is 2.51. The number of sulfonamides is 1. The second-order valence-corrected chi connectivity index (χ2v) is 12.4. The Labute approximate surface area is 220 Å². The number of halogens is 3. The Hall–Kier alpha value is -1.83. The summed E-state index contributed by atoms with van der Waals surface area (Å²) in [5.74, 6) is 0. The molecule has 0 amide bonds. The van der Waals surface area contributed by atoms with Gasteiger partial charge in [-0.3, -0.25) is 4.90 Å². The summed E-state index contributed by atoms with van der Waals surface area (Å²) in [4.78, 5) is 4.59. The van der Waals surface area contributed by atoms with Crippen molar-refractivity contribution in [1.29, 1.82) is 0 Å². The summed E-state index contributed by atoms with van der Waals surface area (Å²) in [6.07, 6.45) is 1.67. The number of aliphatic hydroxyl groups is 2. The van der Waals surface area contributed by atoms with Crippen LogP contribution in [0.2, 0.25) is 0 Å². The first kappa shape index (κ1) is 28.2. The largest absolute Gasteiger partial charge is 0.421 e. The number of allylic oxidation sites excluding steroid dienone is 4. The molecular weight excluding hydrogens is 527 g/mol. The topological polar surface area (TPSA) is 84.3 Å². The van der Waals surface area contributed by atoms with E-state index in [1.54, 1.807) is 6.08 Å². The molecule has 37 heavy (non-hydrogen) atoms. The molecule has 1 aromatic carbocycles. The molecule has 2 aliphatic heterocycles. The van der Waals surface area contributed by atoms with Gasteiger partial charge in [0.15, 0.2) is 5.60 Å². The van der Waals surface area contributed by atoms with Gasteiger partial charge >= 0.3 is 6.18 Å². The second-order valence-electron chi connectivity index (χ2n) is 9.97. The minimum Gasteiger partial charge on any atom is -0.392 e. The van der Waals surface area contributed by atoms with Gasteiger partial charge in [0.25, 0.3) is 0 Å². The van der Waals surface area contributed by atoms with Gasteiger partial charge in [-0.2, -0.15) is 17.5 Å². The van der Waals surface area contributed by atoms with Gasteiger partial charge in [0.1, 0.15) is 0 Å². The summed E-state index contributed by atoms with van der Waals surface area (Å²) >= 11 is 5.31. The van der Waals surface area contributed by atoms with E-state index in [-0.39, 0.29) is 29.6 Å². The molecule has 1 aliphatic carbocycles. The SMILES string of the molecule is CC(O)(c1ccc(N2CCN(S(=O)(=O)C3=CC=CCC3=S)C[C@@H]2CN2CCCC(O)C2)cc1)C(F)(F)F. The predicted octanol–water partition coefficient (Wildman–Crippen LogP) is 2.95. The van der Waals surface area contributed by atoms with Gasteiger partial charge in [-0.15, -0.1) is 0 Å². The minimum atomic E-state index is -4.82. The molecule has 0 saturated carbocycles. The molecule has 7 nitrogen and oxygen atoms in total. The van der Waals surface area contributed by atoms with Crippen LogP contribution in [0, 0.1) is 0 Å². The third-order valence-corrected chi connectivity index (χ3v) is 9.75. The lowest BCUT2D eigenvalue weighted by molar-refractivity contribution is -0.258. The molecule has 2 heterocycles. The Morgan fingerprint density at radius 3 is 2.43 bits per heavy atom. The lowest BCUT2D eigenvalue weighted by Crippen LogP contribution is -2.59. The molecular formula is C25H32F3N3O4S2. The Morgan fingerprint density at radius 2 is 1.81 bits per heavy atom. The fourth-order valence-corrected chi connectivity index (χ4v) is 7.14. The predicted molar refractivity (Wildman–Crippen MR) is 140 cm³/mol. The van der Waals surface area contributed by atoms with Crippen molar-refractivity contribution in [3.8, 4) is 0 Å². The number of alkyl halides is 3. The van der Waals surface area contributed by atoms with Crippen LogP contribution in [0.5, 0.6) is 0 Å². The maximum Gasteiger partial charge on any atom is 0.421 e. The van der Waals surface area contributed by atoms with Crippen molar-refractivity contribution < 1.29 is 31.8 Å². The first-order valence-corrected chi connectivity index (χ1v) is 14.1. The number of anilines is 1. The van der Waals surface area contributed by atoms with Crippen molar-refractivity contribution in [2.24, 2.45) is 0 Å². The van der Waals surface area contributed by atoms with Crippen LogP contribution in [0.15, 0.2) is 47.4 Å². The van der Waals surface area contributed by atoms with E-state index in [9.17, 15) is 31.8 Å². The van der Waals surface area contributed by atoms with Crippen molar-refractivity contribution in [3.63, 3.8) is 0 Å². The maximum atomic E-state index is 13.5. The highest BCUT2D eigenvalue weighted by Crippen LogP contribution is 2.39. The third kappa shape index (κ3) is 5.94. The highest BCUT2D eigenvalue weighted by molar-refractivity contribution is 7.96. The van der Waals surface area contributed by atoms with Crippen LogP contribution in [-0.4, -0.2) is 90.3 Å². The fraction of sp³-hybridized carbons (Fsp3) is 0.560. The van der Waals surface area contributed by atoms with Crippen LogP contribution in [0.4, 0.5) is 18.9 Å². The monoisotopic (exact) mass is 559 g/mol. The molecule has 2 saturated heterocycles. The zero-order chi connectivity index (χ0) is 27.0. The first-order valence-electron chi connectivity index (χ1n) is 12.3. The van der Waals surface area contributed by atoms with Crippen LogP contribution in [-0.2, 0) is 15.6 Å². The van der Waals surface area contributed by atoms with Gasteiger partial charge in [0, 0.05) is 49.7 Å². The minimum absolute atomic E-state index is 0.129. The maximum absolute atomic E-state index is 13.5. The number of thiocarbonyl (C=S) groups is 1. The fourth-order valence-electron chi connectivity index (χ4n) is 5.07. The van der Waals surface area contributed by atoms with Crippen molar-refractivity contribution in [2.45, 2.75) is 50.1 Å². The number of benzene rings is 1. The van der Waals surface area contributed by atoms with Gasteiger partial charge in [-0.25, -0.2) is 8.42 Å². The molecule has 4 rings (SSSR count). The van der Waals surface area contributed by atoms with E-state index in [4.69, 9.17) is 12.2 Å². The average molecular weight is 560 g/mol. The average Bonchev–Trinajstić information content (AvgIpc) is 2.83. The molecule has 0 radical (unpaired) electrons. The van der Waals surface area contributed by atoms with E-state index in [0.29, 0.717) is 43.0 Å². The van der Waals surface area contributed by atoms with Crippen molar-refractivity contribution in [2.75, 3.05) is 44.2 Å². The number of nitrogens with zero attached hydrogens (tertiary/aromatic N) is 3. The number of hydrogen-bond acceptors (Lipinski definition) is 7. The van der Waals surface area contributed by atoms with Gasteiger partial charge in [0.2, 0.25) is 10.0 Å². The summed E-state index contributed by atoms with van der Waals surface area (Å²) in [6.45, 7) is 3.12. The van der Waals surface area contributed by atoms with Gasteiger partial charge in [-0.05, 0) is 50.1 Å². The van der Waals surface area contributed by atoms with Gasteiger partial charge in [-0.1, -0.05) is 36.5 Å². The lowest BCUT2D eigenvalue weighted by Gasteiger charge is -2.45. The zero-order valence-electron chi connectivity index (χ0n) is 20.6. The molecule has 204 valence electrons. The molecule has 2 fully saturated rings. The van der Waals surface area contributed by atoms with Crippen LogP contribution >= 0.6 is 12.2 Å². The summed E-state index contributed by atoms with van der Waals surface area (Å²) < 4.78 is 68.2. The molecule has 0 spiro atoms. The Balaban J connectivity index is 1.60. The number of rotatable bonds is 6. The normalized spacial score (nSPS) is 26.2. The molecule has 12 heteroatoms. The highest BCUT2D eigenvalue weighted by atomic mass is 32.2. The molecule has 1 aromatic rings. The number of β-amino-alcohol motifs (C(OH)–C–C–N with tert-alkyl or cyclic N) is 1. The van der Waals surface area contributed by atoms with Crippen molar-refractivity contribution >= 4 is 32.8 Å². The number of piperazine rings is 1. The molecule has 3 aliphatic rings. The van der Waals surface area contributed by atoms with E-state index in [0.717, 1.165) is 19.9 Å². The van der Waals surface area contributed by atoms with Gasteiger partial charge in [0.05, 0.1) is 17.1 Å². The number of hydrogen-bond donors (Lipinski definition) is 2. The Kier molecular flexibility index (Phi) is 8.18. The quantitative estimate of drug-likeness (QED) is 0.519. The van der Waals surface area contributed by atoms with Crippen molar-refractivity contribution in [1.82, 2.24) is 9.21 Å². The van der Waals surface area contributed by atoms with Crippen LogP contribution in [0.25, 0.3) is 0 Å². The Bertz CT molecular complexity index is 1170. The summed E-state index contributed by atoms with van der Waals surface area (Å²) in [7, 11) is -3.82. The summed E-state index contributed by atoms with van der Waals surface area (Å²) in [5, 5.41) is 20.2.